The predicted molar refractivity (Wildman–Crippen MR) is 94.9 cm³/mol. The van der Waals surface area contributed by atoms with Crippen LogP contribution < -0.4 is 5.32 Å². The molecule has 0 atom stereocenters. The van der Waals surface area contributed by atoms with Gasteiger partial charge in [0.15, 0.2) is 17.0 Å². The lowest BCUT2D eigenvalue weighted by atomic mass is 9.97. The van der Waals surface area contributed by atoms with E-state index in [0.717, 1.165) is 0 Å². The van der Waals surface area contributed by atoms with Crippen molar-refractivity contribution in [2.75, 3.05) is 5.32 Å². The predicted octanol–water partition coefficient (Wildman–Crippen LogP) is 4.63. The molecule has 1 aromatic carbocycles. The van der Waals surface area contributed by atoms with Crippen LogP contribution in [0.25, 0.3) is 22.6 Å². The quantitative estimate of drug-likeness (QED) is 0.578. The average molecular weight is 351 g/mol. The number of carbonyl (C=O) groups is 1. The average Bonchev–Trinajstić information content (AvgIpc) is 3.32. The molecular weight excluding hydrogens is 334 g/mol. The summed E-state index contributed by atoms with van der Waals surface area (Å²) in [5.74, 6) is 1.17. The van der Waals surface area contributed by atoms with Gasteiger partial charge in [-0.1, -0.05) is 25.9 Å². The van der Waals surface area contributed by atoms with Gasteiger partial charge in [-0.25, -0.2) is 4.98 Å². The molecular formula is C19H17N3O4. The maximum absolute atomic E-state index is 12.4. The fourth-order valence-corrected chi connectivity index (χ4v) is 2.44. The molecule has 1 amide bonds. The Morgan fingerprint density at radius 3 is 2.69 bits per heavy atom. The summed E-state index contributed by atoms with van der Waals surface area (Å²) in [5.41, 5.74) is 1.93. The van der Waals surface area contributed by atoms with Gasteiger partial charge in [0.25, 0.3) is 5.91 Å². The maximum Gasteiger partial charge on any atom is 0.277 e. The summed E-state index contributed by atoms with van der Waals surface area (Å²) < 4.78 is 16.1. The van der Waals surface area contributed by atoms with Crippen LogP contribution in [0.1, 0.15) is 37.2 Å². The number of hydrogen-bond donors (Lipinski definition) is 1. The van der Waals surface area contributed by atoms with Crippen molar-refractivity contribution in [3.8, 4) is 11.5 Å². The fourth-order valence-electron chi connectivity index (χ4n) is 2.44. The summed E-state index contributed by atoms with van der Waals surface area (Å²) in [7, 11) is 0. The summed E-state index contributed by atoms with van der Waals surface area (Å²) in [6, 6.07) is 10.3. The number of aromatic nitrogens is 2. The van der Waals surface area contributed by atoms with E-state index in [1.807, 2.05) is 20.8 Å². The van der Waals surface area contributed by atoms with Gasteiger partial charge >= 0.3 is 0 Å². The highest BCUT2D eigenvalue weighted by Gasteiger charge is 2.21. The second-order valence-corrected chi connectivity index (χ2v) is 6.96. The lowest BCUT2D eigenvalue weighted by molar-refractivity contribution is 0.101. The minimum Gasteiger partial charge on any atom is -0.461 e. The van der Waals surface area contributed by atoms with E-state index in [1.165, 1.54) is 12.3 Å². The van der Waals surface area contributed by atoms with Crippen molar-refractivity contribution in [1.29, 1.82) is 0 Å². The molecule has 0 spiro atoms. The molecule has 1 N–H and O–H groups in total. The molecule has 132 valence electrons. The Morgan fingerprint density at radius 2 is 1.96 bits per heavy atom. The lowest BCUT2D eigenvalue weighted by Gasteiger charge is -2.11. The van der Waals surface area contributed by atoms with Crippen LogP contribution >= 0.6 is 0 Å². The van der Waals surface area contributed by atoms with Gasteiger partial charge in [0.05, 0.1) is 6.26 Å². The highest BCUT2D eigenvalue weighted by Crippen LogP contribution is 2.27. The molecule has 26 heavy (non-hydrogen) atoms. The van der Waals surface area contributed by atoms with Crippen molar-refractivity contribution in [2.24, 2.45) is 0 Å². The number of carbonyl (C=O) groups excluding carboxylic acids is 1. The zero-order valence-corrected chi connectivity index (χ0v) is 14.6. The zero-order valence-electron chi connectivity index (χ0n) is 14.6. The molecule has 7 heteroatoms. The second-order valence-electron chi connectivity index (χ2n) is 6.96. The number of fused-ring (bicyclic) bond motifs is 1. The summed E-state index contributed by atoms with van der Waals surface area (Å²) in [6.07, 6.45) is 1.52. The Labute approximate surface area is 149 Å². The van der Waals surface area contributed by atoms with Gasteiger partial charge < -0.3 is 18.7 Å². The van der Waals surface area contributed by atoms with E-state index in [2.05, 4.69) is 15.5 Å². The summed E-state index contributed by atoms with van der Waals surface area (Å²) in [6.45, 7) is 6.09. The monoisotopic (exact) mass is 351 g/mol. The number of benzene rings is 1. The Kier molecular flexibility index (Phi) is 3.64. The lowest BCUT2D eigenvalue weighted by Crippen LogP contribution is -2.12. The minimum atomic E-state index is -0.384. The van der Waals surface area contributed by atoms with Crippen LogP contribution in [0.3, 0.4) is 0 Å². The van der Waals surface area contributed by atoms with Gasteiger partial charge in [0, 0.05) is 17.2 Å². The van der Waals surface area contributed by atoms with Crippen LogP contribution in [0.2, 0.25) is 0 Å². The number of anilines is 1. The SMILES string of the molecule is CC(C)(C)c1nc2cc(NC(=O)c3cc(-c4ccco4)on3)ccc2o1. The molecule has 0 radical (unpaired) electrons. The van der Waals surface area contributed by atoms with E-state index in [4.69, 9.17) is 13.4 Å². The smallest absolute Gasteiger partial charge is 0.277 e. The maximum atomic E-state index is 12.4. The first-order valence-electron chi connectivity index (χ1n) is 8.13. The summed E-state index contributed by atoms with van der Waals surface area (Å²) >= 11 is 0. The third-order valence-corrected chi connectivity index (χ3v) is 3.79. The molecule has 0 saturated carbocycles. The van der Waals surface area contributed by atoms with Crippen molar-refractivity contribution in [3.63, 3.8) is 0 Å². The first kappa shape index (κ1) is 16.1. The van der Waals surface area contributed by atoms with E-state index < -0.39 is 0 Å². The van der Waals surface area contributed by atoms with Crippen LogP contribution in [0.15, 0.2) is 56.0 Å². The number of hydrogen-bond acceptors (Lipinski definition) is 6. The molecule has 0 bridgehead atoms. The number of nitrogens with one attached hydrogen (secondary N) is 1. The van der Waals surface area contributed by atoms with Crippen molar-refractivity contribution in [1.82, 2.24) is 10.1 Å². The van der Waals surface area contributed by atoms with E-state index in [9.17, 15) is 4.79 Å². The third kappa shape index (κ3) is 2.99. The topological polar surface area (TPSA) is 94.3 Å². The molecule has 0 aliphatic rings. The van der Waals surface area contributed by atoms with E-state index in [0.29, 0.717) is 34.2 Å². The van der Waals surface area contributed by atoms with Crippen molar-refractivity contribution < 1.29 is 18.2 Å². The Morgan fingerprint density at radius 1 is 1.12 bits per heavy atom. The molecule has 4 aromatic rings. The number of rotatable bonds is 3. The summed E-state index contributed by atoms with van der Waals surface area (Å²) in [5, 5.41) is 6.57. The molecule has 0 fully saturated rings. The number of amides is 1. The Hall–Kier alpha value is -3.35. The van der Waals surface area contributed by atoms with Crippen LogP contribution in [0, 0.1) is 0 Å². The highest BCUT2D eigenvalue weighted by molar-refractivity contribution is 6.03. The molecule has 0 aliphatic heterocycles. The molecule has 0 saturated heterocycles. The van der Waals surface area contributed by atoms with Gasteiger partial charge in [-0.05, 0) is 30.3 Å². The number of furan rings is 1. The first-order chi connectivity index (χ1) is 12.4. The largest absolute Gasteiger partial charge is 0.461 e. The molecule has 0 aliphatic carbocycles. The van der Waals surface area contributed by atoms with Crippen LogP contribution in [-0.2, 0) is 5.41 Å². The normalized spacial score (nSPS) is 11.8. The summed E-state index contributed by atoms with van der Waals surface area (Å²) in [4.78, 5) is 16.9. The van der Waals surface area contributed by atoms with Crippen molar-refractivity contribution in [2.45, 2.75) is 26.2 Å². The van der Waals surface area contributed by atoms with Gasteiger partial charge in [0.1, 0.15) is 5.52 Å². The number of oxazole rings is 1. The van der Waals surface area contributed by atoms with E-state index >= 15 is 0 Å². The fraction of sp³-hybridized carbons (Fsp3) is 0.211. The molecule has 3 aromatic heterocycles. The molecule has 4 rings (SSSR count). The van der Waals surface area contributed by atoms with E-state index in [-0.39, 0.29) is 17.0 Å². The zero-order chi connectivity index (χ0) is 18.3. The molecule has 3 heterocycles. The first-order valence-corrected chi connectivity index (χ1v) is 8.13. The molecule has 7 nitrogen and oxygen atoms in total. The minimum absolute atomic E-state index is 0.159. The van der Waals surface area contributed by atoms with Crippen molar-refractivity contribution in [3.05, 3.63) is 54.2 Å². The van der Waals surface area contributed by atoms with Gasteiger partial charge in [0.2, 0.25) is 11.7 Å². The Bertz CT molecular complexity index is 1070. The van der Waals surface area contributed by atoms with Gasteiger partial charge in [-0.3, -0.25) is 4.79 Å². The van der Waals surface area contributed by atoms with Crippen molar-refractivity contribution >= 4 is 22.7 Å². The van der Waals surface area contributed by atoms with Crippen LogP contribution in [0.4, 0.5) is 5.69 Å². The van der Waals surface area contributed by atoms with Gasteiger partial charge in [-0.2, -0.15) is 0 Å². The van der Waals surface area contributed by atoms with Crippen LogP contribution in [-0.4, -0.2) is 16.0 Å². The standard InChI is InChI=1S/C19H17N3O4/c1-19(2,3)18-21-12-9-11(6-7-14(12)25-18)20-17(23)13-10-16(26-22-13)15-5-4-8-24-15/h4-10H,1-3H3,(H,20,23). The third-order valence-electron chi connectivity index (χ3n) is 3.79. The highest BCUT2D eigenvalue weighted by atomic mass is 16.5. The second kappa shape index (κ2) is 5.87. The number of nitrogens with zero attached hydrogens (tertiary/aromatic N) is 2. The van der Waals surface area contributed by atoms with Crippen LogP contribution in [0.5, 0.6) is 0 Å². The van der Waals surface area contributed by atoms with E-state index in [1.54, 1.807) is 30.3 Å². The molecule has 0 unspecified atom stereocenters. The Balaban J connectivity index is 1.56. The van der Waals surface area contributed by atoms with Gasteiger partial charge in [-0.15, -0.1) is 0 Å².